The smallest absolute Gasteiger partial charge is 0.224 e. The van der Waals surface area contributed by atoms with Crippen molar-refractivity contribution in [1.82, 2.24) is 4.57 Å². The van der Waals surface area contributed by atoms with Crippen molar-refractivity contribution in [2.75, 3.05) is 0 Å². The van der Waals surface area contributed by atoms with E-state index in [1.165, 1.54) is 0 Å². The van der Waals surface area contributed by atoms with Crippen molar-refractivity contribution < 1.29 is 4.79 Å². The fourth-order valence-electron chi connectivity index (χ4n) is 2.10. The maximum Gasteiger partial charge on any atom is 0.224 e. The van der Waals surface area contributed by atoms with Gasteiger partial charge in [0.2, 0.25) is 5.69 Å². The second-order valence-electron chi connectivity index (χ2n) is 4.33. The molecule has 0 aliphatic heterocycles. The number of hydrogen-bond acceptors (Lipinski definition) is 2. The Morgan fingerprint density at radius 3 is 2.50 bits per heavy atom. The first-order chi connectivity index (χ1) is 8.51. The number of thiophene rings is 1. The lowest BCUT2D eigenvalue weighted by atomic mass is 10.2. The monoisotopic (exact) mass is 258 g/mol. The molecule has 0 aromatic carbocycles. The predicted molar refractivity (Wildman–Crippen MR) is 74.2 cm³/mol. The molecule has 0 radical (unpaired) electrons. The van der Waals surface area contributed by atoms with E-state index in [1.54, 1.807) is 11.3 Å². The molecule has 0 saturated heterocycles. The Kier molecular flexibility index (Phi) is 3.10. The number of rotatable bonds is 2. The fourth-order valence-corrected chi connectivity index (χ4v) is 3.31. The molecular weight excluding hydrogens is 244 g/mol. The lowest BCUT2D eigenvalue weighted by Crippen LogP contribution is -1.97. The maximum absolute atomic E-state index is 11.0. The van der Waals surface area contributed by atoms with Crippen LogP contribution < -0.4 is 0 Å². The summed E-state index contributed by atoms with van der Waals surface area (Å²) in [5.74, 6) is 0. The van der Waals surface area contributed by atoms with Gasteiger partial charge in [0.05, 0.1) is 6.57 Å². The van der Waals surface area contributed by atoms with Crippen molar-refractivity contribution in [3.8, 4) is 5.00 Å². The van der Waals surface area contributed by atoms with Crippen molar-refractivity contribution in [2.45, 2.75) is 27.7 Å². The number of carbonyl (C=O) groups is 1. The molecule has 3 nitrogen and oxygen atoms in total. The molecule has 0 unspecified atom stereocenters. The molecule has 0 atom stereocenters. The Balaban J connectivity index is 2.78. The molecule has 92 valence electrons. The third-order valence-electron chi connectivity index (χ3n) is 3.25. The minimum Gasteiger partial charge on any atom is -0.318 e. The van der Waals surface area contributed by atoms with Gasteiger partial charge >= 0.3 is 0 Å². The van der Waals surface area contributed by atoms with E-state index in [0.29, 0.717) is 11.3 Å². The summed E-state index contributed by atoms with van der Waals surface area (Å²) < 4.78 is 2.00. The van der Waals surface area contributed by atoms with Crippen LogP contribution in [0.1, 0.15) is 32.2 Å². The van der Waals surface area contributed by atoms with Gasteiger partial charge in [-0.15, -0.1) is 11.3 Å². The summed E-state index contributed by atoms with van der Waals surface area (Å²) in [6, 6.07) is 1.86. The Labute approximate surface area is 111 Å². The van der Waals surface area contributed by atoms with E-state index < -0.39 is 0 Å². The SMILES string of the molecule is [C-]#[N+]c1c(-n2c(C)cc(C=O)c2C)sc(C)c1C. The van der Waals surface area contributed by atoms with Crippen LogP contribution in [0.4, 0.5) is 5.69 Å². The van der Waals surface area contributed by atoms with E-state index in [1.807, 2.05) is 38.3 Å². The Morgan fingerprint density at radius 2 is 2.00 bits per heavy atom. The van der Waals surface area contributed by atoms with Crippen LogP contribution in [0.3, 0.4) is 0 Å². The Morgan fingerprint density at radius 1 is 1.33 bits per heavy atom. The molecule has 2 aromatic rings. The van der Waals surface area contributed by atoms with Crippen LogP contribution in [0.15, 0.2) is 6.07 Å². The standard InChI is InChI=1S/C14H14N2OS/c1-8-6-12(7-17)10(3)16(8)14-13(15-5)9(2)11(4)18-14/h6-7H,1-4H3. The van der Waals surface area contributed by atoms with Crippen molar-refractivity contribution in [3.05, 3.63) is 44.9 Å². The molecule has 18 heavy (non-hydrogen) atoms. The van der Waals surface area contributed by atoms with Gasteiger partial charge in [0.1, 0.15) is 5.00 Å². The van der Waals surface area contributed by atoms with Gasteiger partial charge in [0.25, 0.3) is 0 Å². The third-order valence-corrected chi connectivity index (χ3v) is 4.43. The van der Waals surface area contributed by atoms with Crippen LogP contribution in [0.25, 0.3) is 9.85 Å². The van der Waals surface area contributed by atoms with Crippen molar-refractivity contribution in [2.24, 2.45) is 0 Å². The number of aromatic nitrogens is 1. The first-order valence-corrected chi connectivity index (χ1v) is 6.44. The molecule has 0 spiro atoms. The molecular formula is C14H14N2OS. The van der Waals surface area contributed by atoms with Crippen LogP contribution >= 0.6 is 11.3 Å². The highest BCUT2D eigenvalue weighted by Gasteiger charge is 2.18. The minimum absolute atomic E-state index is 0.687. The van der Waals surface area contributed by atoms with Gasteiger partial charge < -0.3 is 4.57 Å². The van der Waals surface area contributed by atoms with Crippen molar-refractivity contribution in [1.29, 1.82) is 0 Å². The zero-order valence-electron chi connectivity index (χ0n) is 10.9. The lowest BCUT2D eigenvalue weighted by Gasteiger charge is -2.07. The Hall–Kier alpha value is -1.86. The molecule has 0 aliphatic carbocycles. The number of hydrogen-bond donors (Lipinski definition) is 0. The van der Waals surface area contributed by atoms with Gasteiger partial charge in [0.15, 0.2) is 6.29 Å². The quantitative estimate of drug-likeness (QED) is 0.587. The summed E-state index contributed by atoms with van der Waals surface area (Å²) >= 11 is 1.60. The number of carbonyl (C=O) groups excluding carboxylic acids is 1. The van der Waals surface area contributed by atoms with E-state index in [4.69, 9.17) is 6.57 Å². The van der Waals surface area contributed by atoms with Crippen LogP contribution in [-0.2, 0) is 0 Å². The highest BCUT2D eigenvalue weighted by molar-refractivity contribution is 7.15. The second-order valence-corrected chi connectivity index (χ2v) is 5.53. The molecule has 0 fully saturated rings. The first kappa shape index (κ1) is 12.6. The molecule has 4 heteroatoms. The Bertz CT molecular complexity index is 671. The predicted octanol–water partition coefficient (Wildman–Crippen LogP) is 4.14. The average molecular weight is 258 g/mol. The first-order valence-electron chi connectivity index (χ1n) is 5.63. The van der Waals surface area contributed by atoms with Crippen LogP contribution in [0, 0.1) is 34.3 Å². The van der Waals surface area contributed by atoms with Crippen molar-refractivity contribution in [3.63, 3.8) is 0 Å². The van der Waals surface area contributed by atoms with Crippen LogP contribution in [0.2, 0.25) is 0 Å². The van der Waals surface area contributed by atoms with E-state index in [0.717, 1.165) is 33.1 Å². The van der Waals surface area contributed by atoms with E-state index in [9.17, 15) is 4.79 Å². The number of nitrogens with zero attached hydrogens (tertiary/aromatic N) is 2. The van der Waals surface area contributed by atoms with E-state index in [2.05, 4.69) is 4.85 Å². The van der Waals surface area contributed by atoms with Gasteiger partial charge in [-0.3, -0.25) is 4.79 Å². The summed E-state index contributed by atoms with van der Waals surface area (Å²) in [5, 5.41) is 0.920. The molecule has 0 bridgehead atoms. The highest BCUT2D eigenvalue weighted by Crippen LogP contribution is 2.39. The zero-order valence-corrected chi connectivity index (χ0v) is 11.7. The molecule has 2 aromatic heterocycles. The third kappa shape index (κ3) is 1.68. The average Bonchev–Trinajstić information content (AvgIpc) is 2.77. The van der Waals surface area contributed by atoms with E-state index in [-0.39, 0.29) is 0 Å². The van der Waals surface area contributed by atoms with Crippen LogP contribution in [0.5, 0.6) is 0 Å². The normalized spacial score (nSPS) is 10.4. The highest BCUT2D eigenvalue weighted by atomic mass is 32.1. The molecule has 0 saturated carbocycles. The van der Waals surface area contributed by atoms with Gasteiger partial charge in [-0.2, -0.15) is 0 Å². The topological polar surface area (TPSA) is 26.4 Å². The summed E-state index contributed by atoms with van der Waals surface area (Å²) in [4.78, 5) is 15.8. The van der Waals surface area contributed by atoms with Crippen molar-refractivity contribution >= 4 is 23.3 Å². The summed E-state index contributed by atoms with van der Waals surface area (Å²) in [5.41, 5.74) is 4.29. The molecule has 2 heterocycles. The zero-order chi connectivity index (χ0) is 13.4. The molecule has 0 aliphatic rings. The van der Waals surface area contributed by atoms with Gasteiger partial charge in [-0.25, -0.2) is 4.85 Å². The lowest BCUT2D eigenvalue weighted by molar-refractivity contribution is 0.112. The van der Waals surface area contributed by atoms with Gasteiger partial charge in [-0.05, 0) is 44.2 Å². The maximum atomic E-state index is 11.0. The van der Waals surface area contributed by atoms with Crippen LogP contribution in [-0.4, -0.2) is 10.9 Å². The largest absolute Gasteiger partial charge is 0.318 e. The molecule has 2 rings (SSSR count). The van der Waals surface area contributed by atoms with Gasteiger partial charge in [-0.1, -0.05) is 0 Å². The summed E-state index contributed by atoms with van der Waals surface area (Å²) in [6.45, 7) is 15.2. The summed E-state index contributed by atoms with van der Waals surface area (Å²) in [6.07, 6.45) is 0.865. The van der Waals surface area contributed by atoms with Gasteiger partial charge in [0, 0.05) is 17.0 Å². The molecule has 0 amide bonds. The second kappa shape index (κ2) is 4.43. The molecule has 0 N–H and O–H groups in total. The number of aryl methyl sites for hydroxylation is 2. The summed E-state index contributed by atoms with van der Waals surface area (Å²) in [7, 11) is 0. The minimum atomic E-state index is 0.687. The van der Waals surface area contributed by atoms with E-state index >= 15 is 0 Å². The fraction of sp³-hybridized carbons (Fsp3) is 0.286. The number of aldehydes is 1.